The fourth-order valence-corrected chi connectivity index (χ4v) is 7.14. The molecule has 2 aromatic rings. The van der Waals surface area contributed by atoms with Crippen LogP contribution in [0.4, 0.5) is 10.5 Å². The highest BCUT2D eigenvalue weighted by Gasteiger charge is 2.50. The van der Waals surface area contributed by atoms with Crippen LogP contribution in [0.25, 0.3) is 0 Å². The van der Waals surface area contributed by atoms with Gasteiger partial charge in [-0.15, -0.1) is 0 Å². The van der Waals surface area contributed by atoms with Gasteiger partial charge in [-0.1, -0.05) is 69.8 Å². The molecule has 2 N–H and O–H groups in total. The van der Waals surface area contributed by atoms with Crippen molar-refractivity contribution < 1.29 is 24.1 Å². The van der Waals surface area contributed by atoms with Crippen LogP contribution >= 0.6 is 0 Å². The van der Waals surface area contributed by atoms with Crippen LogP contribution in [0.3, 0.4) is 0 Å². The van der Waals surface area contributed by atoms with Crippen LogP contribution in [0.15, 0.2) is 61.2 Å². The SMILES string of the molecule is C=CCOC(=O)Nc1cccc([C@@H]2O[C@H](CN3CC4(C)CC3CC(C)(C)C4)C[C@H](c3ccc(CO)cc3)O2)c1. The molecule has 2 saturated heterocycles. The normalized spacial score (nSPS) is 30.1. The van der Waals surface area contributed by atoms with E-state index in [1.54, 1.807) is 0 Å². The largest absolute Gasteiger partial charge is 0.445 e. The molecule has 2 aromatic carbocycles. The van der Waals surface area contributed by atoms with Gasteiger partial charge >= 0.3 is 6.09 Å². The number of fused-ring (bicyclic) bond motifs is 2. The van der Waals surface area contributed by atoms with Crippen LogP contribution in [-0.2, 0) is 20.8 Å². The molecule has 2 aliphatic heterocycles. The van der Waals surface area contributed by atoms with E-state index in [0.29, 0.717) is 22.6 Å². The minimum atomic E-state index is -0.578. The van der Waals surface area contributed by atoms with Gasteiger partial charge in [0.1, 0.15) is 6.61 Å². The molecule has 39 heavy (non-hydrogen) atoms. The highest BCUT2D eigenvalue weighted by Crippen LogP contribution is 2.53. The van der Waals surface area contributed by atoms with Gasteiger partial charge in [-0.2, -0.15) is 0 Å². The number of carbonyl (C=O) groups is 1. The van der Waals surface area contributed by atoms with Crippen LogP contribution < -0.4 is 5.32 Å². The van der Waals surface area contributed by atoms with Gasteiger partial charge in [0.05, 0.1) is 18.8 Å². The van der Waals surface area contributed by atoms with Crippen molar-refractivity contribution in [2.75, 3.05) is 25.0 Å². The second-order valence-electron chi connectivity index (χ2n) is 12.6. The van der Waals surface area contributed by atoms with Crippen molar-refractivity contribution in [2.45, 2.75) is 77.6 Å². The summed E-state index contributed by atoms with van der Waals surface area (Å²) in [6.07, 6.45) is 4.75. The van der Waals surface area contributed by atoms with Crippen molar-refractivity contribution in [1.82, 2.24) is 4.90 Å². The average molecular weight is 535 g/mol. The Morgan fingerprint density at radius 3 is 2.69 bits per heavy atom. The van der Waals surface area contributed by atoms with Crippen molar-refractivity contribution in [3.8, 4) is 0 Å². The van der Waals surface area contributed by atoms with Crippen LogP contribution in [-0.4, -0.2) is 47.9 Å². The number of amides is 1. The summed E-state index contributed by atoms with van der Waals surface area (Å²) in [6, 6.07) is 16.1. The number of rotatable bonds is 8. The molecule has 1 saturated carbocycles. The van der Waals surface area contributed by atoms with Gasteiger partial charge in [-0.05, 0) is 53.4 Å². The molecule has 2 bridgehead atoms. The molecule has 3 aliphatic rings. The number of nitrogens with zero attached hydrogens (tertiary/aromatic N) is 1. The summed E-state index contributed by atoms with van der Waals surface area (Å²) in [5.74, 6) is 0. The zero-order valence-corrected chi connectivity index (χ0v) is 23.4. The Morgan fingerprint density at radius 2 is 1.95 bits per heavy atom. The standard InChI is InChI=1S/C32H42N2O5/c1-5-13-37-30(36)33-25-8-6-7-24(14-25)29-38-27(15-28(39-29)23-11-9-22(19-35)10-12-23)18-34-21-32(4)17-26(34)16-31(2,3)20-32/h5-12,14,26-29,35H,1,13,15-21H2,2-4H3,(H,33,36)/t26?,27-,28+,29+,32?/m0/s1. The molecule has 5 rings (SSSR count). The lowest BCUT2D eigenvalue weighted by atomic mass is 9.65. The van der Waals surface area contributed by atoms with Crippen molar-refractivity contribution in [3.63, 3.8) is 0 Å². The zero-order valence-electron chi connectivity index (χ0n) is 23.4. The van der Waals surface area contributed by atoms with Crippen LogP contribution in [0.1, 0.15) is 75.5 Å². The number of benzene rings is 2. The molecule has 7 nitrogen and oxygen atoms in total. The Labute approximate surface area is 232 Å². The summed E-state index contributed by atoms with van der Waals surface area (Å²) >= 11 is 0. The van der Waals surface area contributed by atoms with Gasteiger partial charge in [0.15, 0.2) is 6.29 Å². The molecule has 0 aromatic heterocycles. The minimum Gasteiger partial charge on any atom is -0.445 e. The molecule has 7 heteroatoms. The van der Waals surface area contributed by atoms with Gasteiger partial charge in [0.25, 0.3) is 0 Å². The Kier molecular flexibility index (Phi) is 8.15. The molecule has 210 valence electrons. The summed E-state index contributed by atoms with van der Waals surface area (Å²) < 4.78 is 18.2. The third kappa shape index (κ3) is 6.72. The Hall–Kier alpha value is -2.71. The lowest BCUT2D eigenvalue weighted by Crippen LogP contribution is -2.42. The second-order valence-corrected chi connectivity index (χ2v) is 12.6. The lowest BCUT2D eigenvalue weighted by Gasteiger charge is -2.41. The average Bonchev–Trinajstić information content (AvgIpc) is 3.14. The Bertz CT molecular complexity index is 1170. The fourth-order valence-electron chi connectivity index (χ4n) is 7.14. The number of nitrogens with one attached hydrogen (secondary N) is 1. The summed E-state index contributed by atoms with van der Waals surface area (Å²) in [5, 5.41) is 12.3. The van der Waals surface area contributed by atoms with E-state index in [2.05, 4.69) is 37.6 Å². The van der Waals surface area contributed by atoms with Gasteiger partial charge in [-0.3, -0.25) is 10.2 Å². The molecular formula is C32H42N2O5. The van der Waals surface area contributed by atoms with Gasteiger partial charge in [-0.25, -0.2) is 4.79 Å². The quantitative estimate of drug-likeness (QED) is 0.384. The number of hydrogen-bond acceptors (Lipinski definition) is 6. The third-order valence-electron chi connectivity index (χ3n) is 8.31. The molecular weight excluding hydrogens is 492 g/mol. The maximum Gasteiger partial charge on any atom is 0.411 e. The first-order chi connectivity index (χ1) is 18.6. The molecule has 2 heterocycles. The van der Waals surface area contributed by atoms with E-state index < -0.39 is 12.4 Å². The topological polar surface area (TPSA) is 80.3 Å². The van der Waals surface area contributed by atoms with Crippen LogP contribution in [0.2, 0.25) is 0 Å². The predicted molar refractivity (Wildman–Crippen MR) is 151 cm³/mol. The first-order valence-corrected chi connectivity index (χ1v) is 14.0. The number of likely N-dealkylation sites (tertiary alicyclic amines) is 1. The molecule has 0 radical (unpaired) electrons. The van der Waals surface area contributed by atoms with Crippen molar-refractivity contribution in [1.29, 1.82) is 0 Å². The molecule has 1 aliphatic carbocycles. The van der Waals surface area contributed by atoms with E-state index in [9.17, 15) is 9.90 Å². The number of anilines is 1. The van der Waals surface area contributed by atoms with E-state index in [1.807, 2.05) is 48.5 Å². The fraction of sp³-hybridized carbons (Fsp3) is 0.531. The van der Waals surface area contributed by atoms with E-state index in [1.165, 1.54) is 25.3 Å². The summed E-state index contributed by atoms with van der Waals surface area (Å²) in [5.41, 5.74) is 4.12. The van der Waals surface area contributed by atoms with Gasteiger partial charge in [0.2, 0.25) is 0 Å². The number of hydrogen-bond donors (Lipinski definition) is 2. The van der Waals surface area contributed by atoms with Crippen LogP contribution in [0.5, 0.6) is 0 Å². The van der Waals surface area contributed by atoms with Gasteiger partial charge in [0, 0.05) is 36.8 Å². The highest BCUT2D eigenvalue weighted by molar-refractivity contribution is 5.84. The van der Waals surface area contributed by atoms with E-state index in [4.69, 9.17) is 14.2 Å². The molecule has 1 amide bonds. The number of ether oxygens (including phenoxy) is 3. The minimum absolute atomic E-state index is 0.00787. The maximum atomic E-state index is 12.1. The smallest absolute Gasteiger partial charge is 0.411 e. The van der Waals surface area contributed by atoms with E-state index in [-0.39, 0.29) is 25.4 Å². The first-order valence-electron chi connectivity index (χ1n) is 14.0. The summed E-state index contributed by atoms with van der Waals surface area (Å²) in [6.45, 7) is 13.0. The van der Waals surface area contributed by atoms with Crippen molar-refractivity contribution in [2.24, 2.45) is 10.8 Å². The lowest BCUT2D eigenvalue weighted by molar-refractivity contribution is -0.253. The maximum absolute atomic E-state index is 12.1. The van der Waals surface area contributed by atoms with Crippen molar-refractivity contribution >= 4 is 11.8 Å². The molecule has 0 spiro atoms. The van der Waals surface area contributed by atoms with E-state index in [0.717, 1.165) is 36.2 Å². The van der Waals surface area contributed by atoms with E-state index >= 15 is 0 Å². The molecule has 3 fully saturated rings. The first kappa shape index (κ1) is 27.8. The Balaban J connectivity index is 1.36. The summed E-state index contributed by atoms with van der Waals surface area (Å²) in [7, 11) is 0. The van der Waals surface area contributed by atoms with Crippen molar-refractivity contribution in [3.05, 3.63) is 77.9 Å². The van der Waals surface area contributed by atoms with Crippen LogP contribution in [0, 0.1) is 10.8 Å². The predicted octanol–water partition coefficient (Wildman–Crippen LogP) is 6.36. The highest BCUT2D eigenvalue weighted by atomic mass is 16.7. The third-order valence-corrected chi connectivity index (χ3v) is 8.31. The van der Waals surface area contributed by atoms with Gasteiger partial charge < -0.3 is 19.3 Å². The number of aliphatic hydroxyl groups is 1. The molecule has 5 atom stereocenters. The Morgan fingerprint density at radius 1 is 1.15 bits per heavy atom. The summed E-state index contributed by atoms with van der Waals surface area (Å²) in [4.78, 5) is 14.7. The number of carbonyl (C=O) groups excluding carboxylic acids is 1. The monoisotopic (exact) mass is 534 g/mol. The second kappa shape index (κ2) is 11.4. The number of aliphatic hydroxyl groups excluding tert-OH is 1. The molecule has 2 unspecified atom stereocenters. The zero-order chi connectivity index (χ0) is 27.6.